The predicted octanol–water partition coefficient (Wildman–Crippen LogP) is 2.40. The summed E-state index contributed by atoms with van der Waals surface area (Å²) in [5.74, 6) is 2.29. The predicted molar refractivity (Wildman–Crippen MR) is 113 cm³/mol. The van der Waals surface area contributed by atoms with E-state index >= 15 is 0 Å². The first-order valence-corrected chi connectivity index (χ1v) is 9.91. The van der Waals surface area contributed by atoms with Gasteiger partial charge < -0.3 is 10.2 Å². The molecule has 1 aliphatic heterocycles. The third-order valence-electron chi connectivity index (χ3n) is 4.28. The average Bonchev–Trinajstić information content (AvgIpc) is 2.95. The van der Waals surface area contributed by atoms with Crippen LogP contribution in [0.15, 0.2) is 34.2 Å². The molecule has 0 amide bonds. The molecule has 1 saturated heterocycles. The maximum Gasteiger partial charge on any atom is 0.238 e. The van der Waals surface area contributed by atoms with Gasteiger partial charge in [0.2, 0.25) is 10.0 Å². The second-order valence-electron chi connectivity index (χ2n) is 6.82. The molecular formula is C17H29IN4O2S. The van der Waals surface area contributed by atoms with Gasteiger partial charge in [0, 0.05) is 26.7 Å². The van der Waals surface area contributed by atoms with Gasteiger partial charge in [0.1, 0.15) is 0 Å². The summed E-state index contributed by atoms with van der Waals surface area (Å²) in [6, 6.07) is 6.68. The number of nitrogens with zero attached hydrogens (tertiary/aromatic N) is 2. The third kappa shape index (κ3) is 6.74. The van der Waals surface area contributed by atoms with Crippen LogP contribution in [0.5, 0.6) is 0 Å². The molecule has 25 heavy (non-hydrogen) atoms. The van der Waals surface area contributed by atoms with E-state index in [4.69, 9.17) is 5.14 Å². The van der Waals surface area contributed by atoms with Crippen molar-refractivity contribution in [2.45, 2.75) is 38.1 Å². The van der Waals surface area contributed by atoms with E-state index in [1.807, 2.05) is 6.07 Å². The number of rotatable bonds is 5. The Kier molecular flexibility index (Phi) is 8.62. The van der Waals surface area contributed by atoms with Crippen molar-refractivity contribution < 1.29 is 8.42 Å². The zero-order valence-corrected chi connectivity index (χ0v) is 18.3. The standard InChI is InChI=1S/C17H28N4O2S.HI/c1-13(2)9-15-7-8-21(12-15)17(19-3)20-11-14-5-4-6-16(10-14)24(18,22)23;/h4-6,10,13,15H,7-9,11-12H2,1-3H3,(H,19,20)(H2,18,22,23);1H. The molecule has 8 heteroatoms. The van der Waals surface area contributed by atoms with Gasteiger partial charge in [0.05, 0.1) is 4.90 Å². The molecule has 0 saturated carbocycles. The van der Waals surface area contributed by atoms with E-state index in [9.17, 15) is 8.42 Å². The van der Waals surface area contributed by atoms with Crippen LogP contribution in [-0.2, 0) is 16.6 Å². The van der Waals surface area contributed by atoms with Gasteiger partial charge in [-0.2, -0.15) is 0 Å². The molecular weight excluding hydrogens is 451 g/mol. The van der Waals surface area contributed by atoms with Crippen LogP contribution in [0.25, 0.3) is 0 Å². The summed E-state index contributed by atoms with van der Waals surface area (Å²) in [6.45, 7) is 7.06. The highest BCUT2D eigenvalue weighted by Crippen LogP contribution is 2.23. The molecule has 6 nitrogen and oxygen atoms in total. The number of nitrogens with two attached hydrogens (primary N) is 1. The maximum absolute atomic E-state index is 11.4. The average molecular weight is 480 g/mol. The smallest absolute Gasteiger partial charge is 0.238 e. The Balaban J connectivity index is 0.00000312. The zero-order chi connectivity index (χ0) is 17.7. The SMILES string of the molecule is CN=C(NCc1cccc(S(N)(=O)=O)c1)N1CCC(CC(C)C)C1.I. The number of benzene rings is 1. The lowest BCUT2D eigenvalue weighted by Crippen LogP contribution is -2.39. The topological polar surface area (TPSA) is 87.8 Å². The van der Waals surface area contributed by atoms with Crippen molar-refractivity contribution in [1.82, 2.24) is 10.2 Å². The Morgan fingerprint density at radius 2 is 2.16 bits per heavy atom. The normalized spacial score (nSPS) is 18.4. The number of likely N-dealkylation sites (tertiary alicyclic amines) is 1. The number of sulfonamides is 1. The summed E-state index contributed by atoms with van der Waals surface area (Å²) >= 11 is 0. The van der Waals surface area contributed by atoms with Gasteiger partial charge in [-0.05, 0) is 42.4 Å². The number of halogens is 1. The Morgan fingerprint density at radius 3 is 2.76 bits per heavy atom. The van der Waals surface area contributed by atoms with Crippen LogP contribution in [0.3, 0.4) is 0 Å². The summed E-state index contributed by atoms with van der Waals surface area (Å²) < 4.78 is 22.9. The van der Waals surface area contributed by atoms with Crippen LogP contribution in [0.1, 0.15) is 32.3 Å². The highest BCUT2D eigenvalue weighted by molar-refractivity contribution is 14.0. The first kappa shape index (κ1) is 22.2. The molecule has 1 aromatic rings. The van der Waals surface area contributed by atoms with Crippen LogP contribution < -0.4 is 10.5 Å². The highest BCUT2D eigenvalue weighted by atomic mass is 127. The fraction of sp³-hybridized carbons (Fsp3) is 0.588. The molecule has 142 valence electrons. The summed E-state index contributed by atoms with van der Waals surface area (Å²) in [5.41, 5.74) is 0.862. The van der Waals surface area contributed by atoms with Crippen LogP contribution >= 0.6 is 24.0 Å². The van der Waals surface area contributed by atoms with Crippen molar-refractivity contribution in [3.05, 3.63) is 29.8 Å². The lowest BCUT2D eigenvalue weighted by atomic mass is 9.97. The molecule has 0 aliphatic carbocycles. The van der Waals surface area contributed by atoms with Crippen molar-refractivity contribution in [1.29, 1.82) is 0 Å². The van der Waals surface area contributed by atoms with Crippen LogP contribution in [-0.4, -0.2) is 39.4 Å². The monoisotopic (exact) mass is 480 g/mol. The molecule has 2 rings (SSSR count). The Morgan fingerprint density at radius 1 is 1.44 bits per heavy atom. The Labute approximate surface area is 168 Å². The molecule has 1 heterocycles. The van der Waals surface area contributed by atoms with Gasteiger partial charge in [-0.1, -0.05) is 26.0 Å². The molecule has 0 radical (unpaired) electrons. The van der Waals surface area contributed by atoms with Crippen LogP contribution in [0.2, 0.25) is 0 Å². The number of hydrogen-bond donors (Lipinski definition) is 2. The molecule has 1 aromatic carbocycles. The first-order chi connectivity index (χ1) is 11.3. The van der Waals surface area contributed by atoms with E-state index in [2.05, 4.69) is 29.1 Å². The second kappa shape index (κ2) is 9.72. The molecule has 0 spiro atoms. The molecule has 0 bridgehead atoms. The number of hydrogen-bond acceptors (Lipinski definition) is 3. The van der Waals surface area contributed by atoms with Crippen molar-refractivity contribution >= 4 is 40.0 Å². The number of nitrogens with one attached hydrogen (secondary N) is 1. The first-order valence-electron chi connectivity index (χ1n) is 8.37. The lowest BCUT2D eigenvalue weighted by molar-refractivity contribution is 0.403. The molecule has 0 aromatic heterocycles. The van der Waals surface area contributed by atoms with Crippen molar-refractivity contribution in [2.75, 3.05) is 20.1 Å². The van der Waals surface area contributed by atoms with E-state index in [0.717, 1.165) is 24.6 Å². The fourth-order valence-electron chi connectivity index (χ4n) is 3.23. The molecule has 1 aliphatic rings. The maximum atomic E-state index is 11.4. The summed E-state index contributed by atoms with van der Waals surface area (Å²) in [5, 5.41) is 8.50. The summed E-state index contributed by atoms with van der Waals surface area (Å²) in [7, 11) is -1.90. The van der Waals surface area contributed by atoms with Gasteiger partial charge in [0.15, 0.2) is 5.96 Å². The molecule has 1 unspecified atom stereocenters. The summed E-state index contributed by atoms with van der Waals surface area (Å²) in [6.07, 6.45) is 2.43. The third-order valence-corrected chi connectivity index (χ3v) is 5.19. The van der Waals surface area contributed by atoms with Gasteiger partial charge in [-0.15, -0.1) is 24.0 Å². The number of guanidine groups is 1. The van der Waals surface area contributed by atoms with E-state index < -0.39 is 10.0 Å². The van der Waals surface area contributed by atoms with Crippen molar-refractivity contribution in [2.24, 2.45) is 22.0 Å². The van der Waals surface area contributed by atoms with Gasteiger partial charge >= 0.3 is 0 Å². The van der Waals surface area contributed by atoms with Crippen LogP contribution in [0.4, 0.5) is 0 Å². The van der Waals surface area contributed by atoms with Gasteiger partial charge in [-0.25, -0.2) is 13.6 Å². The fourth-order valence-corrected chi connectivity index (χ4v) is 3.81. The second-order valence-corrected chi connectivity index (χ2v) is 8.38. The minimum Gasteiger partial charge on any atom is -0.352 e. The number of primary sulfonamides is 1. The molecule has 1 atom stereocenters. The molecule has 1 fully saturated rings. The van der Waals surface area contributed by atoms with E-state index in [1.165, 1.54) is 18.9 Å². The Hall–Kier alpha value is -0.870. The minimum absolute atomic E-state index is 0. The largest absolute Gasteiger partial charge is 0.352 e. The van der Waals surface area contributed by atoms with Gasteiger partial charge in [-0.3, -0.25) is 4.99 Å². The van der Waals surface area contributed by atoms with E-state index in [1.54, 1.807) is 19.2 Å². The number of aliphatic imine (C=N–C) groups is 1. The summed E-state index contributed by atoms with van der Waals surface area (Å²) in [4.78, 5) is 6.77. The molecule has 3 N–H and O–H groups in total. The van der Waals surface area contributed by atoms with Crippen molar-refractivity contribution in [3.8, 4) is 0 Å². The lowest BCUT2D eigenvalue weighted by Gasteiger charge is -2.22. The Bertz CT molecular complexity index is 692. The highest BCUT2D eigenvalue weighted by Gasteiger charge is 2.25. The van der Waals surface area contributed by atoms with Crippen molar-refractivity contribution in [3.63, 3.8) is 0 Å². The van der Waals surface area contributed by atoms with E-state index in [0.29, 0.717) is 18.4 Å². The quantitative estimate of drug-likeness (QED) is 0.385. The van der Waals surface area contributed by atoms with Gasteiger partial charge in [0.25, 0.3) is 0 Å². The van der Waals surface area contributed by atoms with Crippen LogP contribution in [0, 0.1) is 11.8 Å². The zero-order valence-electron chi connectivity index (χ0n) is 15.1. The minimum atomic E-state index is -3.67. The van der Waals surface area contributed by atoms with E-state index in [-0.39, 0.29) is 28.9 Å².